The van der Waals surface area contributed by atoms with Gasteiger partial charge in [0.1, 0.15) is 0 Å². The van der Waals surface area contributed by atoms with E-state index < -0.39 is 0 Å². The number of hydrogen-bond acceptors (Lipinski definition) is 4. The summed E-state index contributed by atoms with van der Waals surface area (Å²) < 4.78 is 0. The Bertz CT molecular complexity index is 49.7. The Morgan fingerprint density at radius 1 is 0.900 bits per heavy atom. The SMILES string of the molecule is CCCOOCOOCC. The first-order chi connectivity index (χ1) is 4.91. The standard InChI is InChI=1S/C6H14O4/c1-3-5-8-10-6-9-7-4-2/h3-6H2,1-2H3. The average molecular weight is 150 g/mol. The Balaban J connectivity index is 2.65. The fraction of sp³-hybridized carbons (Fsp3) is 1.00. The molecule has 0 radical (unpaired) electrons. The molecule has 0 aliphatic rings. The summed E-state index contributed by atoms with van der Waals surface area (Å²) in [5, 5.41) is 0. The van der Waals surface area contributed by atoms with Crippen molar-refractivity contribution >= 4 is 0 Å². The molecule has 4 nitrogen and oxygen atoms in total. The van der Waals surface area contributed by atoms with Crippen LogP contribution in [0.4, 0.5) is 0 Å². The highest BCUT2D eigenvalue weighted by Crippen LogP contribution is 1.84. The van der Waals surface area contributed by atoms with E-state index in [1.165, 1.54) is 0 Å². The summed E-state index contributed by atoms with van der Waals surface area (Å²) in [6.07, 6.45) is 0.925. The molecule has 4 heteroatoms. The lowest BCUT2D eigenvalue weighted by molar-refractivity contribution is -0.417. The molecule has 0 saturated carbocycles. The first-order valence-corrected chi connectivity index (χ1v) is 3.40. The normalized spacial score (nSPS) is 10.2. The molecule has 0 atom stereocenters. The molecule has 0 fully saturated rings. The highest BCUT2D eigenvalue weighted by molar-refractivity contribution is 4.13. The van der Waals surface area contributed by atoms with Crippen LogP contribution in [0.15, 0.2) is 0 Å². The van der Waals surface area contributed by atoms with Gasteiger partial charge in [0.05, 0.1) is 13.2 Å². The van der Waals surface area contributed by atoms with E-state index in [0.29, 0.717) is 13.2 Å². The molecule has 0 unspecified atom stereocenters. The van der Waals surface area contributed by atoms with E-state index in [4.69, 9.17) is 0 Å². The van der Waals surface area contributed by atoms with Crippen LogP contribution >= 0.6 is 0 Å². The molecule has 0 bridgehead atoms. The Morgan fingerprint density at radius 2 is 1.60 bits per heavy atom. The summed E-state index contributed by atoms with van der Waals surface area (Å²) in [5.41, 5.74) is 0. The summed E-state index contributed by atoms with van der Waals surface area (Å²) in [4.78, 5) is 18.1. The number of rotatable bonds is 7. The van der Waals surface area contributed by atoms with Crippen molar-refractivity contribution in [3.8, 4) is 0 Å². The van der Waals surface area contributed by atoms with Crippen LogP contribution in [0.2, 0.25) is 0 Å². The van der Waals surface area contributed by atoms with Gasteiger partial charge in [-0.05, 0) is 13.3 Å². The molecule has 0 saturated heterocycles. The van der Waals surface area contributed by atoms with Crippen molar-refractivity contribution in [3.63, 3.8) is 0 Å². The summed E-state index contributed by atoms with van der Waals surface area (Å²) >= 11 is 0. The average Bonchev–Trinajstić information content (AvgIpc) is 1.97. The predicted octanol–water partition coefficient (Wildman–Crippen LogP) is 1.27. The monoisotopic (exact) mass is 150 g/mol. The largest absolute Gasteiger partial charge is 0.235 e. The second kappa shape index (κ2) is 8.84. The first kappa shape index (κ1) is 9.84. The first-order valence-electron chi connectivity index (χ1n) is 3.40. The highest BCUT2D eigenvalue weighted by atomic mass is 17.3. The van der Waals surface area contributed by atoms with Gasteiger partial charge in [-0.25, -0.2) is 19.6 Å². The minimum absolute atomic E-state index is 0.0217. The Kier molecular flexibility index (Phi) is 8.70. The van der Waals surface area contributed by atoms with Crippen molar-refractivity contribution in [1.29, 1.82) is 0 Å². The van der Waals surface area contributed by atoms with Gasteiger partial charge in [-0.1, -0.05) is 6.92 Å². The molecule has 0 aromatic carbocycles. The van der Waals surface area contributed by atoms with Crippen molar-refractivity contribution in [1.82, 2.24) is 0 Å². The van der Waals surface area contributed by atoms with Crippen LogP contribution in [-0.2, 0) is 19.6 Å². The Morgan fingerprint density at radius 3 is 2.20 bits per heavy atom. The fourth-order valence-electron chi connectivity index (χ4n) is 0.313. The van der Waals surface area contributed by atoms with E-state index in [0.717, 1.165) is 6.42 Å². The van der Waals surface area contributed by atoms with Gasteiger partial charge in [0.15, 0.2) is 0 Å². The summed E-state index contributed by atoms with van der Waals surface area (Å²) in [6, 6.07) is 0. The van der Waals surface area contributed by atoms with Crippen molar-refractivity contribution in [2.24, 2.45) is 0 Å². The second-order valence-electron chi connectivity index (χ2n) is 1.58. The lowest BCUT2D eigenvalue weighted by Gasteiger charge is -2.01. The zero-order chi connectivity index (χ0) is 7.66. The molecule has 0 aromatic heterocycles. The molecule has 62 valence electrons. The van der Waals surface area contributed by atoms with Crippen molar-refractivity contribution in [2.75, 3.05) is 20.0 Å². The van der Waals surface area contributed by atoms with Gasteiger partial charge in [-0.15, -0.1) is 0 Å². The maximum Gasteiger partial charge on any atom is 0.214 e. The molecule has 0 aliphatic carbocycles. The van der Waals surface area contributed by atoms with Crippen LogP contribution in [0, 0.1) is 0 Å². The van der Waals surface area contributed by atoms with Gasteiger partial charge >= 0.3 is 0 Å². The molecule has 0 amide bonds. The van der Waals surface area contributed by atoms with Crippen molar-refractivity contribution < 1.29 is 19.6 Å². The van der Waals surface area contributed by atoms with Crippen LogP contribution in [0.1, 0.15) is 20.3 Å². The van der Waals surface area contributed by atoms with Crippen LogP contribution in [0.5, 0.6) is 0 Å². The van der Waals surface area contributed by atoms with Gasteiger partial charge in [0, 0.05) is 0 Å². The van der Waals surface area contributed by atoms with Gasteiger partial charge in [-0.2, -0.15) is 0 Å². The molecule has 0 aromatic rings. The predicted molar refractivity (Wildman–Crippen MR) is 34.9 cm³/mol. The van der Waals surface area contributed by atoms with Gasteiger partial charge < -0.3 is 0 Å². The van der Waals surface area contributed by atoms with Crippen LogP contribution in [0.25, 0.3) is 0 Å². The van der Waals surface area contributed by atoms with Crippen LogP contribution < -0.4 is 0 Å². The van der Waals surface area contributed by atoms with Gasteiger partial charge in [0.25, 0.3) is 0 Å². The zero-order valence-corrected chi connectivity index (χ0v) is 6.46. The van der Waals surface area contributed by atoms with Gasteiger partial charge in [-0.3, -0.25) is 0 Å². The lowest BCUT2D eigenvalue weighted by atomic mass is 10.5. The Hall–Kier alpha value is -0.160. The summed E-state index contributed by atoms with van der Waals surface area (Å²) in [5.74, 6) is 0. The smallest absolute Gasteiger partial charge is 0.214 e. The maximum absolute atomic E-state index is 4.62. The lowest BCUT2D eigenvalue weighted by Crippen LogP contribution is -2.02. The minimum atomic E-state index is 0.0217. The molecular weight excluding hydrogens is 136 g/mol. The third-order valence-corrected chi connectivity index (χ3v) is 0.668. The minimum Gasteiger partial charge on any atom is -0.235 e. The molecular formula is C6H14O4. The third-order valence-electron chi connectivity index (χ3n) is 0.668. The quantitative estimate of drug-likeness (QED) is 0.237. The van der Waals surface area contributed by atoms with E-state index in [1.54, 1.807) is 0 Å². The summed E-state index contributed by atoms with van der Waals surface area (Å²) in [6.45, 7) is 4.93. The van der Waals surface area contributed by atoms with Crippen LogP contribution in [-0.4, -0.2) is 20.0 Å². The molecule has 10 heavy (non-hydrogen) atoms. The van der Waals surface area contributed by atoms with Crippen molar-refractivity contribution in [2.45, 2.75) is 20.3 Å². The van der Waals surface area contributed by atoms with Crippen LogP contribution in [0.3, 0.4) is 0 Å². The zero-order valence-electron chi connectivity index (χ0n) is 6.46. The molecule has 0 heterocycles. The highest BCUT2D eigenvalue weighted by Gasteiger charge is 1.86. The van der Waals surface area contributed by atoms with E-state index >= 15 is 0 Å². The van der Waals surface area contributed by atoms with E-state index in [-0.39, 0.29) is 6.79 Å². The number of hydrogen-bond donors (Lipinski definition) is 0. The van der Waals surface area contributed by atoms with Crippen molar-refractivity contribution in [3.05, 3.63) is 0 Å². The van der Waals surface area contributed by atoms with E-state index in [9.17, 15) is 0 Å². The molecule has 0 aliphatic heterocycles. The fourth-order valence-corrected chi connectivity index (χ4v) is 0.313. The van der Waals surface area contributed by atoms with Gasteiger partial charge in [0.2, 0.25) is 6.79 Å². The topological polar surface area (TPSA) is 36.9 Å². The maximum atomic E-state index is 4.62. The Labute approximate surface area is 60.9 Å². The molecule has 0 rings (SSSR count). The van der Waals surface area contributed by atoms with E-state index in [2.05, 4.69) is 19.6 Å². The molecule has 0 N–H and O–H groups in total. The van der Waals surface area contributed by atoms with E-state index in [1.807, 2.05) is 13.8 Å². The molecule has 0 spiro atoms. The summed E-state index contributed by atoms with van der Waals surface area (Å²) in [7, 11) is 0. The second-order valence-corrected chi connectivity index (χ2v) is 1.58. The third kappa shape index (κ3) is 7.84.